The summed E-state index contributed by atoms with van der Waals surface area (Å²) in [6.07, 6.45) is 0.383. The van der Waals surface area contributed by atoms with Crippen LogP contribution < -0.4 is 16.8 Å². The van der Waals surface area contributed by atoms with Gasteiger partial charge >= 0.3 is 0 Å². The zero-order valence-electron chi connectivity index (χ0n) is 10.8. The van der Waals surface area contributed by atoms with Crippen molar-refractivity contribution in [3.63, 3.8) is 0 Å². The third kappa shape index (κ3) is 3.06. The van der Waals surface area contributed by atoms with Crippen molar-refractivity contribution in [3.05, 3.63) is 53.6 Å². The van der Waals surface area contributed by atoms with E-state index in [-0.39, 0.29) is 5.56 Å². The van der Waals surface area contributed by atoms with Crippen LogP contribution in [0, 0.1) is 11.3 Å². The number of anilines is 3. The molecule has 0 unspecified atom stereocenters. The predicted octanol–water partition coefficient (Wildman–Crippen LogP) is 2.18. The Kier molecular flexibility index (Phi) is 3.87. The first kappa shape index (κ1) is 13.4. The van der Waals surface area contributed by atoms with E-state index in [2.05, 4.69) is 11.4 Å². The average molecular weight is 266 g/mol. The molecule has 0 aliphatic carbocycles. The van der Waals surface area contributed by atoms with Crippen LogP contribution in [0.2, 0.25) is 0 Å². The van der Waals surface area contributed by atoms with E-state index in [1.54, 1.807) is 18.2 Å². The van der Waals surface area contributed by atoms with Crippen LogP contribution in [0.3, 0.4) is 0 Å². The minimum atomic E-state index is -0.560. The molecule has 0 heterocycles. The third-order valence-corrected chi connectivity index (χ3v) is 2.84. The van der Waals surface area contributed by atoms with Gasteiger partial charge in [-0.1, -0.05) is 12.1 Å². The molecule has 0 saturated heterocycles. The highest BCUT2D eigenvalue weighted by atomic mass is 16.1. The number of benzene rings is 2. The Balaban J connectivity index is 2.20. The highest BCUT2D eigenvalue weighted by Gasteiger charge is 2.06. The largest absolute Gasteiger partial charge is 0.398 e. The lowest BCUT2D eigenvalue weighted by atomic mass is 10.1. The number of carbonyl (C=O) groups is 1. The first-order chi connectivity index (χ1) is 9.60. The van der Waals surface area contributed by atoms with Crippen molar-refractivity contribution >= 4 is 23.0 Å². The highest BCUT2D eigenvalue weighted by Crippen LogP contribution is 2.21. The number of hydrogen-bond donors (Lipinski definition) is 3. The molecule has 0 aromatic heterocycles. The number of amides is 1. The normalized spacial score (nSPS) is 9.75. The van der Waals surface area contributed by atoms with E-state index < -0.39 is 5.91 Å². The molecule has 0 bridgehead atoms. The molecule has 5 heteroatoms. The number of nitriles is 1. The third-order valence-electron chi connectivity index (χ3n) is 2.84. The fraction of sp³-hybridized carbons (Fsp3) is 0.0667. The lowest BCUT2D eigenvalue weighted by Crippen LogP contribution is -2.13. The molecule has 0 spiro atoms. The van der Waals surface area contributed by atoms with Gasteiger partial charge in [-0.15, -0.1) is 0 Å². The lowest BCUT2D eigenvalue weighted by molar-refractivity contribution is 0.100. The van der Waals surface area contributed by atoms with E-state index in [9.17, 15) is 4.79 Å². The van der Waals surface area contributed by atoms with Gasteiger partial charge in [0.1, 0.15) is 0 Å². The van der Waals surface area contributed by atoms with Gasteiger partial charge in [0.25, 0.3) is 5.91 Å². The maximum atomic E-state index is 11.2. The summed E-state index contributed by atoms with van der Waals surface area (Å²) in [5, 5.41) is 11.8. The second-order valence-electron chi connectivity index (χ2n) is 4.32. The van der Waals surface area contributed by atoms with Gasteiger partial charge in [0.2, 0.25) is 0 Å². The van der Waals surface area contributed by atoms with Crippen molar-refractivity contribution in [3.8, 4) is 6.07 Å². The fourth-order valence-corrected chi connectivity index (χ4v) is 1.81. The number of nitrogens with one attached hydrogen (secondary N) is 1. The van der Waals surface area contributed by atoms with Crippen molar-refractivity contribution in [2.75, 3.05) is 11.1 Å². The summed E-state index contributed by atoms with van der Waals surface area (Å²) < 4.78 is 0. The minimum Gasteiger partial charge on any atom is -0.398 e. The van der Waals surface area contributed by atoms with Crippen LogP contribution in [0.1, 0.15) is 15.9 Å². The van der Waals surface area contributed by atoms with Crippen molar-refractivity contribution in [2.24, 2.45) is 5.73 Å². The standard InChI is InChI=1S/C15H14N4O/c16-8-7-10-1-3-11(4-2-10)19-12-5-6-14(17)13(9-12)15(18)20/h1-6,9,19H,7,17H2,(H2,18,20). The van der Waals surface area contributed by atoms with Crippen LogP contribution in [-0.2, 0) is 6.42 Å². The quantitative estimate of drug-likeness (QED) is 0.737. The summed E-state index contributed by atoms with van der Waals surface area (Å²) >= 11 is 0. The molecule has 0 aliphatic heterocycles. The van der Waals surface area contributed by atoms with Crippen LogP contribution in [0.4, 0.5) is 17.1 Å². The molecule has 1 amide bonds. The smallest absolute Gasteiger partial charge is 0.250 e. The molecule has 0 atom stereocenters. The molecule has 2 rings (SSSR count). The zero-order valence-corrected chi connectivity index (χ0v) is 10.8. The molecule has 0 aliphatic rings. The number of nitrogens with two attached hydrogens (primary N) is 2. The molecule has 0 fully saturated rings. The Bertz CT molecular complexity index is 671. The maximum absolute atomic E-state index is 11.2. The molecule has 2 aromatic carbocycles. The van der Waals surface area contributed by atoms with Gasteiger partial charge in [-0.3, -0.25) is 4.79 Å². The topological polar surface area (TPSA) is 105 Å². The molecule has 2 aromatic rings. The summed E-state index contributed by atoms with van der Waals surface area (Å²) in [4.78, 5) is 11.2. The van der Waals surface area contributed by atoms with Crippen LogP contribution in [0.25, 0.3) is 0 Å². The number of nitrogens with zero attached hydrogens (tertiary/aromatic N) is 1. The van der Waals surface area contributed by atoms with Gasteiger partial charge in [-0.05, 0) is 35.9 Å². The van der Waals surface area contributed by atoms with Gasteiger partial charge in [0.15, 0.2) is 0 Å². The molecule has 5 nitrogen and oxygen atoms in total. The van der Waals surface area contributed by atoms with E-state index in [1.165, 1.54) is 0 Å². The van der Waals surface area contributed by atoms with Crippen LogP contribution >= 0.6 is 0 Å². The summed E-state index contributed by atoms with van der Waals surface area (Å²) in [6, 6.07) is 14.6. The summed E-state index contributed by atoms with van der Waals surface area (Å²) in [5.41, 5.74) is 14.1. The summed E-state index contributed by atoms with van der Waals surface area (Å²) in [6.45, 7) is 0. The van der Waals surface area contributed by atoms with Crippen LogP contribution in [-0.4, -0.2) is 5.91 Å². The van der Waals surface area contributed by atoms with Crippen molar-refractivity contribution in [1.82, 2.24) is 0 Å². The van der Waals surface area contributed by atoms with Crippen molar-refractivity contribution < 1.29 is 4.79 Å². The Morgan fingerprint density at radius 2 is 1.80 bits per heavy atom. The Morgan fingerprint density at radius 3 is 2.40 bits per heavy atom. The molecule has 0 radical (unpaired) electrons. The summed E-state index contributed by atoms with van der Waals surface area (Å²) in [5.74, 6) is -0.560. The Hall–Kier alpha value is -3.00. The number of carbonyl (C=O) groups excluding carboxylic acids is 1. The van der Waals surface area contributed by atoms with E-state index in [0.29, 0.717) is 12.1 Å². The molecule has 0 saturated carbocycles. The maximum Gasteiger partial charge on any atom is 0.250 e. The number of hydrogen-bond acceptors (Lipinski definition) is 4. The second-order valence-corrected chi connectivity index (χ2v) is 4.32. The fourth-order valence-electron chi connectivity index (χ4n) is 1.81. The van der Waals surface area contributed by atoms with E-state index in [0.717, 1.165) is 16.9 Å². The van der Waals surface area contributed by atoms with Crippen LogP contribution in [0.15, 0.2) is 42.5 Å². The second kappa shape index (κ2) is 5.76. The first-order valence-corrected chi connectivity index (χ1v) is 6.02. The predicted molar refractivity (Wildman–Crippen MR) is 78.4 cm³/mol. The molecule has 5 N–H and O–H groups in total. The molecular formula is C15H14N4O. The van der Waals surface area contributed by atoms with Gasteiger partial charge in [0.05, 0.1) is 18.1 Å². The van der Waals surface area contributed by atoms with E-state index >= 15 is 0 Å². The summed E-state index contributed by atoms with van der Waals surface area (Å²) in [7, 11) is 0. The van der Waals surface area contributed by atoms with E-state index in [4.69, 9.17) is 16.7 Å². The lowest BCUT2D eigenvalue weighted by Gasteiger charge is -2.09. The Labute approximate surface area is 116 Å². The van der Waals surface area contributed by atoms with Crippen molar-refractivity contribution in [1.29, 1.82) is 5.26 Å². The number of nitrogen functional groups attached to an aromatic ring is 1. The molecule has 20 heavy (non-hydrogen) atoms. The van der Waals surface area contributed by atoms with Gasteiger partial charge in [-0.2, -0.15) is 5.26 Å². The van der Waals surface area contributed by atoms with E-state index in [1.807, 2.05) is 24.3 Å². The van der Waals surface area contributed by atoms with Gasteiger partial charge in [0, 0.05) is 17.1 Å². The highest BCUT2D eigenvalue weighted by molar-refractivity contribution is 5.99. The van der Waals surface area contributed by atoms with Crippen LogP contribution in [0.5, 0.6) is 0 Å². The first-order valence-electron chi connectivity index (χ1n) is 6.02. The zero-order chi connectivity index (χ0) is 14.5. The van der Waals surface area contributed by atoms with Gasteiger partial charge < -0.3 is 16.8 Å². The Morgan fingerprint density at radius 1 is 1.15 bits per heavy atom. The van der Waals surface area contributed by atoms with Gasteiger partial charge in [-0.25, -0.2) is 0 Å². The minimum absolute atomic E-state index is 0.288. The average Bonchev–Trinajstić information content (AvgIpc) is 2.43. The number of primary amides is 1. The molecular weight excluding hydrogens is 252 g/mol. The monoisotopic (exact) mass is 266 g/mol. The number of rotatable bonds is 4. The molecule has 100 valence electrons. The SMILES string of the molecule is N#CCc1ccc(Nc2ccc(N)c(C(N)=O)c2)cc1. The van der Waals surface area contributed by atoms with Crippen molar-refractivity contribution in [2.45, 2.75) is 6.42 Å².